The molecule has 0 saturated carbocycles. The van der Waals surface area contributed by atoms with Gasteiger partial charge in [0.1, 0.15) is 0 Å². The van der Waals surface area contributed by atoms with E-state index in [0.29, 0.717) is 21.0 Å². The normalized spacial score (nSPS) is 10.0. The van der Waals surface area contributed by atoms with Crippen LogP contribution in [-0.4, -0.2) is 4.98 Å². The van der Waals surface area contributed by atoms with Crippen LogP contribution in [0.15, 0.2) is 26.2 Å². The largest absolute Gasteiger partial charge is 0.417 e. The van der Waals surface area contributed by atoms with Crippen molar-refractivity contribution in [3.05, 3.63) is 27.7 Å². The molecule has 0 radical (unpaired) electrons. The number of aromatic nitrogens is 1. The molecule has 1 heterocycles. The zero-order valence-electron chi connectivity index (χ0n) is 6.50. The third-order valence-corrected chi connectivity index (χ3v) is 2.30. The quantitative estimate of drug-likeness (QED) is 0.567. The van der Waals surface area contributed by atoms with Gasteiger partial charge in [-0.2, -0.15) is 0 Å². The minimum atomic E-state index is -0.486. The number of nitrogens with one attached hydrogen (secondary N) is 1. The van der Waals surface area contributed by atoms with Crippen LogP contribution in [0.25, 0.3) is 11.1 Å². The number of hydrogen-bond acceptors (Lipinski definition) is 3. The molecule has 0 aliphatic heterocycles. The number of aromatic amines is 1. The van der Waals surface area contributed by atoms with Crippen LogP contribution in [0.3, 0.4) is 0 Å². The molecule has 1 aromatic heterocycles. The van der Waals surface area contributed by atoms with Gasteiger partial charge in [0.25, 0.3) is 0 Å². The molecule has 0 aliphatic carbocycles. The number of benzene rings is 1. The van der Waals surface area contributed by atoms with Gasteiger partial charge in [-0.15, -0.1) is 12.6 Å². The van der Waals surface area contributed by atoms with Crippen LogP contribution >= 0.6 is 24.2 Å². The van der Waals surface area contributed by atoms with Crippen LogP contribution in [0.4, 0.5) is 0 Å². The summed E-state index contributed by atoms with van der Waals surface area (Å²) in [6.45, 7) is 0. The van der Waals surface area contributed by atoms with Crippen molar-refractivity contribution < 1.29 is 23.9 Å². The smallest absolute Gasteiger partial charge is 0.408 e. The summed E-state index contributed by atoms with van der Waals surface area (Å²) in [5.41, 5.74) is 1.05. The molecule has 0 saturated heterocycles. The fourth-order valence-corrected chi connectivity index (χ4v) is 1.31. The first kappa shape index (κ1) is 10.8. The molecule has 0 bridgehead atoms. The molecule has 2 aromatic rings. The monoisotopic (exact) mass is 265 g/mol. The predicted octanol–water partition coefficient (Wildman–Crippen LogP) is 2.06. The van der Waals surface area contributed by atoms with Gasteiger partial charge in [0.15, 0.2) is 5.58 Å². The summed E-state index contributed by atoms with van der Waals surface area (Å²) in [6, 6.07) is 3.20. The number of halogens is 1. The van der Waals surface area contributed by atoms with Crippen molar-refractivity contribution in [3.63, 3.8) is 0 Å². The van der Waals surface area contributed by atoms with Crippen molar-refractivity contribution in [2.75, 3.05) is 0 Å². The van der Waals surface area contributed by atoms with E-state index >= 15 is 0 Å². The number of hydrogen-bond donors (Lipinski definition) is 2. The van der Waals surface area contributed by atoms with E-state index in [1.54, 1.807) is 12.1 Å². The van der Waals surface area contributed by atoms with Crippen LogP contribution in [0.2, 0.25) is 5.02 Å². The number of fused-ring (bicyclic) bond motifs is 1. The summed E-state index contributed by atoms with van der Waals surface area (Å²) in [6.07, 6.45) is 0. The van der Waals surface area contributed by atoms with E-state index in [4.69, 9.17) is 16.0 Å². The van der Waals surface area contributed by atoms with Crippen LogP contribution in [0.1, 0.15) is 0 Å². The molecule has 1 N–H and O–H groups in total. The second kappa shape index (κ2) is 3.86. The Hall–Kier alpha value is -0.247. The van der Waals surface area contributed by atoms with Gasteiger partial charge >= 0.3 is 5.76 Å². The molecule has 3 nitrogen and oxygen atoms in total. The zero-order valence-corrected chi connectivity index (χ0v) is 11.1. The summed E-state index contributed by atoms with van der Waals surface area (Å²) in [5, 5.41) is 0.489. The fourth-order valence-electron chi connectivity index (χ4n) is 0.960. The van der Waals surface area contributed by atoms with E-state index in [1.807, 2.05) is 0 Å². The molecule has 0 unspecified atom stereocenters. The Balaban J connectivity index is 0.000000845. The van der Waals surface area contributed by atoms with Gasteiger partial charge in [-0.25, -0.2) is 4.79 Å². The maximum Gasteiger partial charge on any atom is 0.417 e. The summed E-state index contributed by atoms with van der Waals surface area (Å²) in [7, 11) is 0. The average Bonchev–Trinajstić information content (AvgIpc) is 2.30. The molecular weight excluding hydrogens is 263 g/mol. The van der Waals surface area contributed by atoms with Gasteiger partial charge in [-0.1, -0.05) is 11.6 Å². The van der Waals surface area contributed by atoms with E-state index in [9.17, 15) is 4.79 Å². The molecule has 0 amide bonds. The Kier molecular flexibility index (Phi) is 3.22. The first-order chi connectivity index (χ1) is 5.66. The Morgan fingerprint density at radius 3 is 2.85 bits per heavy atom. The van der Waals surface area contributed by atoms with Crippen molar-refractivity contribution >= 4 is 35.3 Å². The van der Waals surface area contributed by atoms with E-state index in [2.05, 4.69) is 17.6 Å². The van der Waals surface area contributed by atoms with Crippen LogP contribution < -0.4 is 5.76 Å². The molecule has 0 atom stereocenters. The first-order valence-electron chi connectivity index (χ1n) is 3.18. The summed E-state index contributed by atoms with van der Waals surface area (Å²) in [5.74, 6) is -0.486. The molecule has 6 heteroatoms. The molecule has 2 rings (SSSR count). The summed E-state index contributed by atoms with van der Waals surface area (Å²) in [4.78, 5) is 13.8. The van der Waals surface area contributed by atoms with Crippen molar-refractivity contribution in [3.8, 4) is 0 Å². The average molecular weight is 267 g/mol. The predicted molar refractivity (Wildman–Crippen MR) is 49.1 cm³/mol. The number of oxazole rings is 1. The molecular formula is C7H4ClNO2SZn. The van der Waals surface area contributed by atoms with Crippen LogP contribution in [0.5, 0.6) is 0 Å². The standard InChI is InChI=1S/C7H4ClNO2S.Zn/c8-3-1-4-5(2-6(3)12)11-7(10)9-4;/h1-2,12H,(H,9,10);. The molecule has 0 aliphatic rings. The van der Waals surface area contributed by atoms with Gasteiger partial charge < -0.3 is 4.42 Å². The Bertz CT molecular complexity index is 451. The van der Waals surface area contributed by atoms with Crippen molar-refractivity contribution in [2.45, 2.75) is 4.90 Å². The third kappa shape index (κ3) is 1.98. The van der Waals surface area contributed by atoms with E-state index in [0.717, 1.165) is 0 Å². The minimum Gasteiger partial charge on any atom is -0.408 e. The van der Waals surface area contributed by atoms with Gasteiger partial charge in [0, 0.05) is 24.4 Å². The molecule has 0 spiro atoms. The molecule has 0 fully saturated rings. The summed E-state index contributed by atoms with van der Waals surface area (Å²) >= 11 is 9.83. The van der Waals surface area contributed by atoms with Crippen molar-refractivity contribution in [1.29, 1.82) is 0 Å². The zero-order chi connectivity index (χ0) is 8.72. The van der Waals surface area contributed by atoms with Gasteiger partial charge in [-0.3, -0.25) is 4.98 Å². The SMILES string of the molecule is O=c1[nH]c2cc(Cl)c(S)cc2o1.[Zn]. The van der Waals surface area contributed by atoms with Gasteiger partial charge in [-0.05, 0) is 12.1 Å². The first-order valence-corrected chi connectivity index (χ1v) is 4.00. The Morgan fingerprint density at radius 2 is 2.15 bits per heavy atom. The van der Waals surface area contributed by atoms with E-state index in [-0.39, 0.29) is 19.5 Å². The second-order valence-corrected chi connectivity index (χ2v) is 3.20. The molecule has 1 aromatic carbocycles. The van der Waals surface area contributed by atoms with Crippen molar-refractivity contribution in [2.24, 2.45) is 0 Å². The van der Waals surface area contributed by atoms with Crippen LogP contribution in [-0.2, 0) is 19.5 Å². The summed E-state index contributed by atoms with van der Waals surface area (Å²) < 4.78 is 4.79. The minimum absolute atomic E-state index is 0. The maximum atomic E-state index is 10.7. The fraction of sp³-hybridized carbons (Fsp3) is 0. The van der Waals surface area contributed by atoms with E-state index < -0.39 is 5.76 Å². The van der Waals surface area contributed by atoms with Gasteiger partial charge in [0.05, 0.1) is 10.5 Å². The van der Waals surface area contributed by atoms with E-state index in [1.165, 1.54) is 0 Å². The Labute approximate surface area is 96.6 Å². The second-order valence-electron chi connectivity index (χ2n) is 2.31. The van der Waals surface area contributed by atoms with Crippen molar-refractivity contribution in [1.82, 2.24) is 4.98 Å². The third-order valence-electron chi connectivity index (χ3n) is 1.49. The van der Waals surface area contributed by atoms with Gasteiger partial charge in [0.2, 0.25) is 0 Å². The molecule has 64 valence electrons. The van der Waals surface area contributed by atoms with Crippen LogP contribution in [0, 0.1) is 0 Å². The maximum absolute atomic E-state index is 10.7. The number of H-pyrrole nitrogens is 1. The Morgan fingerprint density at radius 1 is 1.46 bits per heavy atom. The number of thiol groups is 1. The topological polar surface area (TPSA) is 46.0 Å². The molecule has 13 heavy (non-hydrogen) atoms. The number of rotatable bonds is 0.